The molecule has 0 saturated heterocycles. The smallest absolute Gasteiger partial charge is 0.170 e. The molecular formula is C16H27N3O. The zero-order valence-electron chi connectivity index (χ0n) is 13.0. The molecule has 3 N–H and O–H groups in total. The van der Waals surface area contributed by atoms with Crippen LogP contribution in [-0.2, 0) is 6.54 Å². The Hall–Kier alpha value is -1.55. The van der Waals surface area contributed by atoms with E-state index < -0.39 is 0 Å². The van der Waals surface area contributed by atoms with Gasteiger partial charge in [0.2, 0.25) is 0 Å². The first kappa shape index (κ1) is 16.5. The van der Waals surface area contributed by atoms with Crippen LogP contribution in [0.4, 0.5) is 0 Å². The topological polar surface area (TPSA) is 61.8 Å². The van der Waals surface area contributed by atoms with Crippen molar-refractivity contribution in [2.45, 2.75) is 34.2 Å². The summed E-state index contributed by atoms with van der Waals surface area (Å²) in [5.74, 6) is 1.44. The number of rotatable bonds is 7. The number of nitrogens with zero attached hydrogens (tertiary/aromatic N) is 2. The molecule has 0 spiro atoms. The minimum Gasteiger partial charge on any atom is -0.409 e. The third-order valence-electron chi connectivity index (χ3n) is 2.98. The van der Waals surface area contributed by atoms with E-state index in [2.05, 4.69) is 43.8 Å². The van der Waals surface area contributed by atoms with Crippen LogP contribution < -0.4 is 5.73 Å². The highest BCUT2D eigenvalue weighted by molar-refractivity contribution is 5.97. The Labute approximate surface area is 122 Å². The standard InChI is InChI=1S/C16H27N3O/c1-12(2)9-19(10-13(3)4)11-14-6-5-7-15(8-14)16(17)18-20/h5-8,12-13,20H,9-11H2,1-4H3,(H2,17,18). The van der Waals surface area contributed by atoms with Gasteiger partial charge in [0.25, 0.3) is 0 Å². The molecule has 0 amide bonds. The Kier molecular flexibility index (Phi) is 6.52. The van der Waals surface area contributed by atoms with Gasteiger partial charge in [-0.1, -0.05) is 51.0 Å². The van der Waals surface area contributed by atoms with Crippen molar-refractivity contribution < 1.29 is 5.21 Å². The van der Waals surface area contributed by atoms with Crippen LogP contribution in [0.2, 0.25) is 0 Å². The predicted octanol–water partition coefficient (Wildman–Crippen LogP) is 2.90. The van der Waals surface area contributed by atoms with Crippen molar-refractivity contribution in [1.29, 1.82) is 0 Å². The van der Waals surface area contributed by atoms with Gasteiger partial charge in [0.1, 0.15) is 0 Å². The van der Waals surface area contributed by atoms with Crippen molar-refractivity contribution in [3.8, 4) is 0 Å². The summed E-state index contributed by atoms with van der Waals surface area (Å²) in [6.07, 6.45) is 0. The van der Waals surface area contributed by atoms with Crippen LogP contribution in [0, 0.1) is 11.8 Å². The lowest BCUT2D eigenvalue weighted by atomic mass is 10.1. The van der Waals surface area contributed by atoms with Crippen molar-refractivity contribution in [2.24, 2.45) is 22.7 Å². The summed E-state index contributed by atoms with van der Waals surface area (Å²) in [6, 6.07) is 7.88. The molecule has 0 aliphatic carbocycles. The summed E-state index contributed by atoms with van der Waals surface area (Å²) in [5.41, 5.74) is 7.60. The van der Waals surface area contributed by atoms with Crippen LogP contribution in [0.5, 0.6) is 0 Å². The molecule has 0 bridgehead atoms. The maximum absolute atomic E-state index is 8.75. The highest BCUT2D eigenvalue weighted by atomic mass is 16.4. The number of oxime groups is 1. The second kappa shape index (κ2) is 7.90. The summed E-state index contributed by atoms with van der Waals surface area (Å²) < 4.78 is 0. The van der Waals surface area contributed by atoms with E-state index in [1.165, 1.54) is 5.56 Å². The van der Waals surface area contributed by atoms with Gasteiger partial charge in [0, 0.05) is 25.2 Å². The van der Waals surface area contributed by atoms with Crippen molar-refractivity contribution in [3.05, 3.63) is 35.4 Å². The lowest BCUT2D eigenvalue weighted by Gasteiger charge is -2.26. The van der Waals surface area contributed by atoms with Gasteiger partial charge in [-0.15, -0.1) is 0 Å². The molecule has 0 radical (unpaired) electrons. The van der Waals surface area contributed by atoms with Gasteiger partial charge in [-0.2, -0.15) is 0 Å². The third kappa shape index (κ3) is 5.61. The lowest BCUT2D eigenvalue weighted by molar-refractivity contribution is 0.211. The normalized spacial score (nSPS) is 12.7. The summed E-state index contributed by atoms with van der Waals surface area (Å²) in [7, 11) is 0. The molecule has 0 atom stereocenters. The molecule has 112 valence electrons. The number of hydrogen-bond donors (Lipinski definition) is 2. The average Bonchev–Trinajstić information content (AvgIpc) is 2.36. The molecule has 4 nitrogen and oxygen atoms in total. The molecule has 1 aromatic rings. The summed E-state index contributed by atoms with van der Waals surface area (Å²) in [6.45, 7) is 12.0. The van der Waals surface area contributed by atoms with Gasteiger partial charge in [-0.25, -0.2) is 0 Å². The second-order valence-corrected chi connectivity index (χ2v) is 6.17. The lowest BCUT2D eigenvalue weighted by Crippen LogP contribution is -2.31. The number of benzene rings is 1. The molecule has 0 heterocycles. The molecule has 1 rings (SSSR count). The fourth-order valence-electron chi connectivity index (χ4n) is 2.38. The van der Waals surface area contributed by atoms with Crippen LogP contribution in [0.1, 0.15) is 38.8 Å². The molecule has 1 aromatic carbocycles. The number of hydrogen-bond acceptors (Lipinski definition) is 3. The first-order chi connectivity index (χ1) is 9.42. The van der Waals surface area contributed by atoms with E-state index in [4.69, 9.17) is 10.9 Å². The van der Waals surface area contributed by atoms with Crippen LogP contribution in [0.25, 0.3) is 0 Å². The van der Waals surface area contributed by atoms with Crippen molar-refractivity contribution in [3.63, 3.8) is 0 Å². The largest absolute Gasteiger partial charge is 0.409 e. The molecule has 0 aromatic heterocycles. The van der Waals surface area contributed by atoms with Gasteiger partial charge >= 0.3 is 0 Å². The maximum Gasteiger partial charge on any atom is 0.170 e. The third-order valence-corrected chi connectivity index (χ3v) is 2.98. The van der Waals surface area contributed by atoms with Gasteiger partial charge in [-0.05, 0) is 23.5 Å². The van der Waals surface area contributed by atoms with E-state index in [9.17, 15) is 0 Å². The molecule has 20 heavy (non-hydrogen) atoms. The molecule has 0 aliphatic heterocycles. The Bertz CT molecular complexity index is 431. The van der Waals surface area contributed by atoms with Crippen molar-refractivity contribution in [1.82, 2.24) is 4.90 Å². The fraction of sp³-hybridized carbons (Fsp3) is 0.562. The van der Waals surface area contributed by atoms with Crippen LogP contribution in [0.3, 0.4) is 0 Å². The number of amidine groups is 1. The van der Waals surface area contributed by atoms with Crippen molar-refractivity contribution in [2.75, 3.05) is 13.1 Å². The zero-order valence-corrected chi connectivity index (χ0v) is 13.0. The van der Waals surface area contributed by atoms with Crippen LogP contribution in [0.15, 0.2) is 29.4 Å². The first-order valence-electron chi connectivity index (χ1n) is 7.21. The van der Waals surface area contributed by atoms with Crippen LogP contribution in [-0.4, -0.2) is 29.0 Å². The van der Waals surface area contributed by atoms with E-state index in [0.29, 0.717) is 11.8 Å². The Morgan fingerprint density at radius 1 is 1.20 bits per heavy atom. The van der Waals surface area contributed by atoms with E-state index in [1.807, 2.05) is 18.2 Å². The van der Waals surface area contributed by atoms with E-state index in [1.54, 1.807) is 0 Å². The number of nitrogens with two attached hydrogens (primary N) is 1. The second-order valence-electron chi connectivity index (χ2n) is 6.17. The van der Waals surface area contributed by atoms with E-state index in [0.717, 1.165) is 25.2 Å². The predicted molar refractivity (Wildman–Crippen MR) is 83.9 cm³/mol. The SMILES string of the molecule is CC(C)CN(Cc1cccc(/C(N)=N/O)c1)CC(C)C. The average molecular weight is 277 g/mol. The molecule has 0 aliphatic rings. The van der Waals surface area contributed by atoms with Gasteiger partial charge in [0.05, 0.1) is 0 Å². The van der Waals surface area contributed by atoms with Crippen molar-refractivity contribution >= 4 is 5.84 Å². The fourth-order valence-corrected chi connectivity index (χ4v) is 2.38. The maximum atomic E-state index is 8.75. The van der Waals surface area contributed by atoms with E-state index in [-0.39, 0.29) is 5.84 Å². The minimum absolute atomic E-state index is 0.158. The van der Waals surface area contributed by atoms with Crippen LogP contribution >= 0.6 is 0 Å². The van der Waals surface area contributed by atoms with E-state index >= 15 is 0 Å². The molecular weight excluding hydrogens is 250 g/mol. The monoisotopic (exact) mass is 277 g/mol. The molecule has 0 fully saturated rings. The molecule has 0 saturated carbocycles. The first-order valence-corrected chi connectivity index (χ1v) is 7.21. The van der Waals surface area contributed by atoms with Gasteiger partial charge < -0.3 is 10.9 Å². The Morgan fingerprint density at radius 2 is 1.80 bits per heavy atom. The molecule has 0 unspecified atom stereocenters. The molecule has 4 heteroatoms. The van der Waals surface area contributed by atoms with Gasteiger partial charge in [-0.3, -0.25) is 4.90 Å². The quantitative estimate of drug-likeness (QED) is 0.349. The highest BCUT2D eigenvalue weighted by Gasteiger charge is 2.11. The summed E-state index contributed by atoms with van der Waals surface area (Å²) >= 11 is 0. The van der Waals surface area contributed by atoms with Gasteiger partial charge in [0.15, 0.2) is 5.84 Å². The summed E-state index contributed by atoms with van der Waals surface area (Å²) in [5, 5.41) is 11.8. The Morgan fingerprint density at radius 3 is 2.30 bits per heavy atom. The summed E-state index contributed by atoms with van der Waals surface area (Å²) in [4.78, 5) is 2.46. The minimum atomic E-state index is 0.158. The Balaban J connectivity index is 2.82. The highest BCUT2D eigenvalue weighted by Crippen LogP contribution is 2.12. The zero-order chi connectivity index (χ0) is 15.1.